The van der Waals surface area contributed by atoms with Crippen molar-refractivity contribution in [2.45, 2.75) is 5.44 Å². The Bertz CT molecular complexity index is 325. The van der Waals surface area contributed by atoms with E-state index >= 15 is 0 Å². The fourth-order valence-corrected chi connectivity index (χ4v) is 1.54. The molecule has 2 rings (SSSR count). The van der Waals surface area contributed by atoms with Gasteiger partial charge in [0.1, 0.15) is 0 Å². The van der Waals surface area contributed by atoms with Crippen molar-refractivity contribution in [3.8, 4) is 5.75 Å². The summed E-state index contributed by atoms with van der Waals surface area (Å²) in [5.74, 6) is 0.465. The molecule has 1 aliphatic heterocycles. The third kappa shape index (κ3) is 1.12. The third-order valence-electron chi connectivity index (χ3n) is 1.57. The molecule has 0 aliphatic carbocycles. The molecule has 0 spiro atoms. The van der Waals surface area contributed by atoms with Crippen molar-refractivity contribution in [3.05, 3.63) is 29.8 Å². The van der Waals surface area contributed by atoms with E-state index < -0.39 is 16.5 Å². The van der Waals surface area contributed by atoms with Crippen LogP contribution in [0.15, 0.2) is 24.3 Å². The average molecular weight is 185 g/mol. The van der Waals surface area contributed by atoms with E-state index in [2.05, 4.69) is 9.78 Å². The van der Waals surface area contributed by atoms with Gasteiger partial charge in [0.2, 0.25) is 0 Å². The molecule has 64 valence electrons. The molecular formula is C7H5O4S-. The van der Waals surface area contributed by atoms with Gasteiger partial charge in [-0.15, -0.1) is 0 Å². The Morgan fingerprint density at radius 1 is 1.42 bits per heavy atom. The topological polar surface area (TPSA) is 58.6 Å². The van der Waals surface area contributed by atoms with Gasteiger partial charge in [-0.3, -0.25) is 4.21 Å². The highest BCUT2D eigenvalue weighted by molar-refractivity contribution is 7.79. The van der Waals surface area contributed by atoms with Crippen molar-refractivity contribution in [2.75, 3.05) is 0 Å². The minimum Gasteiger partial charge on any atom is -0.770 e. The number of hydrogen-bond acceptors (Lipinski definition) is 4. The SMILES string of the molecule is O=S([O-])C1OOc2ccccc21. The number of para-hydroxylation sites is 1. The second-order valence-corrected chi connectivity index (χ2v) is 3.26. The molecule has 1 heterocycles. The zero-order chi connectivity index (χ0) is 8.55. The molecule has 2 unspecified atom stereocenters. The highest BCUT2D eigenvalue weighted by atomic mass is 32.2. The molecule has 0 saturated carbocycles. The van der Waals surface area contributed by atoms with Crippen LogP contribution >= 0.6 is 0 Å². The van der Waals surface area contributed by atoms with Gasteiger partial charge in [0, 0.05) is 5.56 Å². The van der Waals surface area contributed by atoms with E-state index in [0.717, 1.165) is 0 Å². The second-order valence-electron chi connectivity index (χ2n) is 2.31. The quantitative estimate of drug-likeness (QED) is 0.481. The van der Waals surface area contributed by atoms with Crippen LogP contribution in [0.2, 0.25) is 0 Å². The maximum atomic E-state index is 10.6. The monoisotopic (exact) mass is 185 g/mol. The average Bonchev–Trinajstić information content (AvgIpc) is 2.47. The van der Waals surface area contributed by atoms with Crippen LogP contribution in [0.25, 0.3) is 0 Å². The molecule has 0 saturated heterocycles. The molecule has 1 aromatic carbocycles. The van der Waals surface area contributed by atoms with Gasteiger partial charge in [-0.05, 0) is 17.1 Å². The number of hydrogen-bond donors (Lipinski definition) is 0. The molecule has 0 aromatic heterocycles. The molecule has 1 aliphatic rings. The van der Waals surface area contributed by atoms with E-state index in [1.165, 1.54) is 0 Å². The van der Waals surface area contributed by atoms with E-state index in [4.69, 9.17) is 0 Å². The van der Waals surface area contributed by atoms with Crippen LogP contribution in [0.3, 0.4) is 0 Å². The van der Waals surface area contributed by atoms with E-state index in [1.807, 2.05) is 0 Å². The predicted molar refractivity (Wildman–Crippen MR) is 39.8 cm³/mol. The predicted octanol–water partition coefficient (Wildman–Crippen LogP) is 0.888. The van der Waals surface area contributed by atoms with E-state index in [0.29, 0.717) is 11.3 Å². The summed E-state index contributed by atoms with van der Waals surface area (Å²) in [5, 5.41) is 0. The normalized spacial score (nSPS) is 22.9. The molecule has 0 bridgehead atoms. The van der Waals surface area contributed by atoms with Crippen molar-refractivity contribution in [1.29, 1.82) is 0 Å². The van der Waals surface area contributed by atoms with Crippen LogP contribution in [-0.4, -0.2) is 8.76 Å². The van der Waals surface area contributed by atoms with Crippen molar-refractivity contribution in [2.24, 2.45) is 0 Å². The minimum absolute atomic E-state index is 0.465. The summed E-state index contributed by atoms with van der Waals surface area (Å²) in [4.78, 5) is 9.25. The lowest BCUT2D eigenvalue weighted by Gasteiger charge is -2.09. The van der Waals surface area contributed by atoms with Gasteiger partial charge in [0.25, 0.3) is 0 Å². The van der Waals surface area contributed by atoms with E-state index in [1.54, 1.807) is 24.3 Å². The largest absolute Gasteiger partial charge is 0.770 e. The van der Waals surface area contributed by atoms with Gasteiger partial charge in [0.05, 0.1) is 0 Å². The molecule has 2 atom stereocenters. The molecule has 0 N–H and O–H groups in total. The summed E-state index contributed by atoms with van der Waals surface area (Å²) >= 11 is -2.30. The Morgan fingerprint density at radius 2 is 2.17 bits per heavy atom. The standard InChI is InChI=1S/C7H6O4S/c8-12(9)7-5-3-1-2-4-6(5)10-11-7/h1-4,7H,(H,8,9)/p-1. The van der Waals surface area contributed by atoms with Crippen LogP contribution < -0.4 is 4.89 Å². The van der Waals surface area contributed by atoms with Crippen LogP contribution in [0, 0.1) is 0 Å². The molecule has 4 nitrogen and oxygen atoms in total. The fraction of sp³-hybridized carbons (Fsp3) is 0.143. The highest BCUT2D eigenvalue weighted by Gasteiger charge is 2.26. The van der Waals surface area contributed by atoms with Gasteiger partial charge < -0.3 is 9.44 Å². The maximum absolute atomic E-state index is 10.6. The Kier molecular flexibility index (Phi) is 1.84. The number of benzene rings is 1. The summed E-state index contributed by atoms with van der Waals surface area (Å²) < 4.78 is 21.1. The first kappa shape index (κ1) is 7.72. The maximum Gasteiger partial charge on any atom is 0.194 e. The summed E-state index contributed by atoms with van der Waals surface area (Å²) in [6.45, 7) is 0. The smallest absolute Gasteiger partial charge is 0.194 e. The lowest BCUT2D eigenvalue weighted by molar-refractivity contribution is -0.200. The molecule has 1 aromatic rings. The van der Waals surface area contributed by atoms with E-state index in [-0.39, 0.29) is 0 Å². The van der Waals surface area contributed by atoms with Gasteiger partial charge in [-0.2, -0.15) is 4.89 Å². The number of fused-ring (bicyclic) bond motifs is 1. The summed E-state index contributed by atoms with van der Waals surface area (Å²) in [6.07, 6.45) is 0. The third-order valence-corrected chi connectivity index (χ3v) is 2.26. The number of rotatable bonds is 1. The summed E-state index contributed by atoms with van der Waals surface area (Å²) in [6, 6.07) is 6.79. The Hall–Kier alpha value is -0.910. The van der Waals surface area contributed by atoms with Crippen molar-refractivity contribution >= 4 is 11.1 Å². The zero-order valence-electron chi connectivity index (χ0n) is 5.93. The molecule has 12 heavy (non-hydrogen) atoms. The summed E-state index contributed by atoms with van der Waals surface area (Å²) in [5.41, 5.74) is -0.438. The zero-order valence-corrected chi connectivity index (χ0v) is 6.74. The first-order valence-electron chi connectivity index (χ1n) is 3.29. The van der Waals surface area contributed by atoms with Gasteiger partial charge >= 0.3 is 0 Å². The lowest BCUT2D eigenvalue weighted by atomic mass is 10.2. The van der Waals surface area contributed by atoms with Crippen molar-refractivity contribution in [3.63, 3.8) is 0 Å². The molecular weight excluding hydrogens is 180 g/mol. The first-order chi connectivity index (χ1) is 5.79. The van der Waals surface area contributed by atoms with Crippen LogP contribution in [0.5, 0.6) is 5.75 Å². The van der Waals surface area contributed by atoms with Crippen LogP contribution in [-0.2, 0) is 16.0 Å². The first-order valence-corrected chi connectivity index (χ1v) is 4.43. The Morgan fingerprint density at radius 3 is 2.92 bits per heavy atom. The Labute approximate surface area is 71.3 Å². The van der Waals surface area contributed by atoms with Crippen LogP contribution in [0.4, 0.5) is 0 Å². The van der Waals surface area contributed by atoms with Gasteiger partial charge in [0.15, 0.2) is 11.2 Å². The second kappa shape index (κ2) is 2.85. The molecule has 5 heteroatoms. The van der Waals surface area contributed by atoms with Crippen LogP contribution in [0.1, 0.15) is 11.0 Å². The van der Waals surface area contributed by atoms with Crippen molar-refractivity contribution < 1.29 is 18.5 Å². The fourth-order valence-electron chi connectivity index (χ4n) is 1.03. The highest BCUT2D eigenvalue weighted by Crippen LogP contribution is 2.35. The summed E-state index contributed by atoms with van der Waals surface area (Å²) in [7, 11) is 0. The molecule has 0 amide bonds. The van der Waals surface area contributed by atoms with Gasteiger partial charge in [-0.1, -0.05) is 18.2 Å². The van der Waals surface area contributed by atoms with Gasteiger partial charge in [-0.25, -0.2) is 0 Å². The molecule has 0 radical (unpaired) electrons. The lowest BCUT2D eigenvalue weighted by Crippen LogP contribution is -2.04. The molecule has 0 fully saturated rings. The Balaban J connectivity index is 2.42. The van der Waals surface area contributed by atoms with Crippen molar-refractivity contribution in [1.82, 2.24) is 0 Å². The minimum atomic E-state index is -2.30. The van der Waals surface area contributed by atoms with E-state index in [9.17, 15) is 8.76 Å².